The lowest BCUT2D eigenvalue weighted by Crippen LogP contribution is -2.41. The molecule has 0 radical (unpaired) electrons. The maximum atomic E-state index is 6.08. The molecule has 2 saturated heterocycles. The molecular formula is C14H22BNO2S. The number of nitrogens with zero attached hydrogens (tertiary/aromatic N) is 1. The average molecular weight is 279 g/mol. The number of rotatable bonds is 3. The topological polar surface area (TPSA) is 21.7 Å². The van der Waals surface area contributed by atoms with Crippen molar-refractivity contribution in [1.29, 1.82) is 0 Å². The minimum absolute atomic E-state index is 0.216. The van der Waals surface area contributed by atoms with E-state index in [-0.39, 0.29) is 18.3 Å². The summed E-state index contributed by atoms with van der Waals surface area (Å²) in [6.45, 7) is 11.9. The van der Waals surface area contributed by atoms with Crippen LogP contribution in [0.5, 0.6) is 0 Å². The van der Waals surface area contributed by atoms with Crippen LogP contribution in [0.25, 0.3) is 0 Å². The molecule has 0 N–H and O–H groups in total. The molecule has 0 amide bonds. The summed E-state index contributed by atoms with van der Waals surface area (Å²) in [6, 6.07) is 2.24. The van der Waals surface area contributed by atoms with Crippen LogP contribution in [0.1, 0.15) is 39.0 Å². The molecule has 0 bridgehead atoms. The van der Waals surface area contributed by atoms with Gasteiger partial charge in [0.25, 0.3) is 0 Å². The first-order valence-corrected chi connectivity index (χ1v) is 7.91. The fraction of sp³-hybridized carbons (Fsp3) is 0.714. The highest BCUT2D eigenvalue weighted by Crippen LogP contribution is 2.36. The Morgan fingerprint density at radius 1 is 1.21 bits per heavy atom. The smallest absolute Gasteiger partial charge is 0.399 e. The van der Waals surface area contributed by atoms with Crippen LogP contribution in [-0.2, 0) is 15.9 Å². The van der Waals surface area contributed by atoms with Crippen molar-refractivity contribution < 1.29 is 9.31 Å². The Hall–Kier alpha value is -0.355. The van der Waals surface area contributed by atoms with Crippen LogP contribution in [0, 0.1) is 0 Å². The molecule has 3 rings (SSSR count). The van der Waals surface area contributed by atoms with Crippen molar-refractivity contribution in [2.45, 2.75) is 51.9 Å². The fourth-order valence-corrected chi connectivity index (χ4v) is 3.27. The molecule has 0 spiro atoms. The van der Waals surface area contributed by atoms with Crippen LogP contribution in [0.2, 0.25) is 0 Å². The first-order valence-electron chi connectivity index (χ1n) is 7.03. The second-order valence-electron chi connectivity index (χ2n) is 6.56. The SMILES string of the molecule is CC1(C)OB(c2csc(CN3CCC3)c2)OC1(C)C. The van der Waals surface area contributed by atoms with Crippen molar-refractivity contribution in [3.05, 3.63) is 16.3 Å². The second kappa shape index (κ2) is 4.59. The Morgan fingerprint density at radius 3 is 2.37 bits per heavy atom. The van der Waals surface area contributed by atoms with Gasteiger partial charge in [-0.3, -0.25) is 4.90 Å². The summed E-state index contributed by atoms with van der Waals surface area (Å²) in [7, 11) is -0.216. The van der Waals surface area contributed by atoms with Crippen molar-refractivity contribution >= 4 is 23.9 Å². The normalized spacial score (nSPS) is 25.6. The standard InChI is InChI=1S/C14H22BNO2S/c1-13(2)14(3,4)18-15(17-13)11-8-12(19-10-11)9-16-6-5-7-16/h8,10H,5-7,9H2,1-4H3. The van der Waals surface area contributed by atoms with Crippen LogP contribution in [0.4, 0.5) is 0 Å². The van der Waals surface area contributed by atoms with E-state index in [0.717, 1.165) is 6.54 Å². The minimum atomic E-state index is -0.253. The third kappa shape index (κ3) is 2.49. The van der Waals surface area contributed by atoms with Crippen LogP contribution in [0.15, 0.2) is 11.4 Å². The Bertz CT molecular complexity index is 452. The maximum Gasteiger partial charge on any atom is 0.495 e. The number of thiophene rings is 1. The van der Waals surface area contributed by atoms with Gasteiger partial charge in [-0.1, -0.05) is 0 Å². The van der Waals surface area contributed by atoms with Crippen molar-refractivity contribution in [1.82, 2.24) is 4.90 Å². The summed E-state index contributed by atoms with van der Waals surface area (Å²) in [5, 5.41) is 2.18. The molecule has 2 aliphatic rings. The molecule has 0 unspecified atom stereocenters. The maximum absolute atomic E-state index is 6.08. The van der Waals surface area contributed by atoms with Gasteiger partial charge in [-0.05, 0) is 64.1 Å². The summed E-state index contributed by atoms with van der Waals surface area (Å²) in [5.74, 6) is 0. The van der Waals surface area contributed by atoms with Gasteiger partial charge in [0.15, 0.2) is 0 Å². The van der Waals surface area contributed by atoms with Gasteiger partial charge >= 0.3 is 7.12 Å². The second-order valence-corrected chi connectivity index (χ2v) is 7.56. The molecular weight excluding hydrogens is 257 g/mol. The Balaban J connectivity index is 1.70. The van der Waals surface area contributed by atoms with Crippen LogP contribution >= 0.6 is 11.3 Å². The molecule has 1 aromatic rings. The third-order valence-electron chi connectivity index (χ3n) is 4.53. The van der Waals surface area contributed by atoms with E-state index in [0.29, 0.717) is 0 Å². The highest BCUT2D eigenvalue weighted by atomic mass is 32.1. The Labute approximate surface area is 120 Å². The largest absolute Gasteiger partial charge is 0.495 e. The van der Waals surface area contributed by atoms with E-state index in [1.165, 1.54) is 29.9 Å². The molecule has 2 fully saturated rings. The zero-order chi connectivity index (χ0) is 13.7. The molecule has 0 atom stereocenters. The molecule has 104 valence electrons. The van der Waals surface area contributed by atoms with Crippen LogP contribution in [0.3, 0.4) is 0 Å². The number of likely N-dealkylation sites (tertiary alicyclic amines) is 1. The van der Waals surface area contributed by atoms with Gasteiger partial charge < -0.3 is 9.31 Å². The van der Waals surface area contributed by atoms with E-state index in [2.05, 4.69) is 44.0 Å². The van der Waals surface area contributed by atoms with Gasteiger partial charge in [-0.25, -0.2) is 0 Å². The fourth-order valence-electron chi connectivity index (χ4n) is 2.34. The summed E-state index contributed by atoms with van der Waals surface area (Å²) in [5.41, 5.74) is 0.660. The zero-order valence-electron chi connectivity index (χ0n) is 12.2. The quantitative estimate of drug-likeness (QED) is 0.792. The summed E-state index contributed by atoms with van der Waals surface area (Å²) in [6.07, 6.45) is 1.34. The van der Waals surface area contributed by atoms with Gasteiger partial charge in [0.05, 0.1) is 11.2 Å². The van der Waals surface area contributed by atoms with Gasteiger partial charge in [0, 0.05) is 11.4 Å². The lowest BCUT2D eigenvalue weighted by atomic mass is 9.81. The predicted molar refractivity (Wildman–Crippen MR) is 79.9 cm³/mol. The average Bonchev–Trinajstić information content (AvgIpc) is 2.77. The molecule has 1 aromatic heterocycles. The monoisotopic (exact) mass is 279 g/mol. The molecule has 3 heterocycles. The summed E-state index contributed by atoms with van der Waals surface area (Å²) >= 11 is 1.81. The molecule has 3 nitrogen and oxygen atoms in total. The van der Waals surface area contributed by atoms with E-state index in [4.69, 9.17) is 9.31 Å². The molecule has 0 saturated carbocycles. The van der Waals surface area contributed by atoms with E-state index in [1.54, 1.807) is 0 Å². The van der Waals surface area contributed by atoms with Crippen molar-refractivity contribution in [3.63, 3.8) is 0 Å². The molecule has 5 heteroatoms. The van der Waals surface area contributed by atoms with Crippen molar-refractivity contribution in [3.8, 4) is 0 Å². The van der Waals surface area contributed by atoms with Gasteiger partial charge in [-0.15, -0.1) is 11.3 Å². The predicted octanol–water partition coefficient (Wildman–Crippen LogP) is 2.25. The highest BCUT2D eigenvalue weighted by molar-refractivity contribution is 7.11. The first-order chi connectivity index (χ1) is 8.87. The first kappa shape index (κ1) is 13.6. The van der Waals surface area contributed by atoms with Gasteiger partial charge in [0.2, 0.25) is 0 Å². The summed E-state index contributed by atoms with van der Waals surface area (Å²) < 4.78 is 12.2. The van der Waals surface area contributed by atoms with E-state index >= 15 is 0 Å². The summed E-state index contributed by atoms with van der Waals surface area (Å²) in [4.78, 5) is 3.88. The minimum Gasteiger partial charge on any atom is -0.399 e. The van der Waals surface area contributed by atoms with Crippen molar-refractivity contribution in [2.24, 2.45) is 0 Å². The lowest BCUT2D eigenvalue weighted by molar-refractivity contribution is 0.00578. The molecule has 0 aromatic carbocycles. The Morgan fingerprint density at radius 2 is 1.84 bits per heavy atom. The Kier molecular flexibility index (Phi) is 3.29. The molecule has 2 aliphatic heterocycles. The van der Waals surface area contributed by atoms with E-state index in [1.807, 2.05) is 11.3 Å². The van der Waals surface area contributed by atoms with Gasteiger partial charge in [-0.2, -0.15) is 0 Å². The lowest BCUT2D eigenvalue weighted by Gasteiger charge is -2.32. The zero-order valence-corrected chi connectivity index (χ0v) is 13.0. The van der Waals surface area contributed by atoms with E-state index < -0.39 is 0 Å². The van der Waals surface area contributed by atoms with Crippen molar-refractivity contribution in [2.75, 3.05) is 13.1 Å². The van der Waals surface area contributed by atoms with Gasteiger partial charge in [0.1, 0.15) is 0 Å². The highest BCUT2D eigenvalue weighted by Gasteiger charge is 2.51. The third-order valence-corrected chi connectivity index (χ3v) is 5.47. The van der Waals surface area contributed by atoms with Crippen LogP contribution < -0.4 is 5.46 Å². The molecule has 0 aliphatic carbocycles. The number of hydrogen-bond acceptors (Lipinski definition) is 4. The number of hydrogen-bond donors (Lipinski definition) is 0. The van der Waals surface area contributed by atoms with Crippen LogP contribution in [-0.4, -0.2) is 36.3 Å². The molecule has 19 heavy (non-hydrogen) atoms. The van der Waals surface area contributed by atoms with E-state index in [9.17, 15) is 0 Å².